The first-order chi connectivity index (χ1) is 8.18. The van der Waals surface area contributed by atoms with Gasteiger partial charge in [0.15, 0.2) is 0 Å². The number of nitrogen functional groups attached to an aromatic ring is 1. The molecule has 0 radical (unpaired) electrons. The smallest absolute Gasteiger partial charge is 0.0387 e. The molecule has 0 bridgehead atoms. The maximum Gasteiger partial charge on any atom is 0.0387 e. The van der Waals surface area contributed by atoms with Crippen LogP contribution in [-0.4, -0.2) is 13.1 Å². The van der Waals surface area contributed by atoms with Gasteiger partial charge in [-0.05, 0) is 36.5 Å². The number of rotatable bonds is 2. The zero-order valence-corrected chi connectivity index (χ0v) is 11.1. The Bertz CT molecular complexity index is 363. The summed E-state index contributed by atoms with van der Waals surface area (Å²) < 4.78 is 0. The van der Waals surface area contributed by atoms with Crippen LogP contribution in [-0.2, 0) is 0 Å². The van der Waals surface area contributed by atoms with Crippen molar-refractivity contribution < 1.29 is 0 Å². The van der Waals surface area contributed by atoms with Crippen LogP contribution in [0, 0.1) is 0 Å². The monoisotopic (exact) mass is 232 g/mol. The van der Waals surface area contributed by atoms with Crippen LogP contribution in [0.4, 0.5) is 11.4 Å². The minimum Gasteiger partial charge on any atom is -0.398 e. The summed E-state index contributed by atoms with van der Waals surface area (Å²) in [6, 6.07) is 6.58. The third kappa shape index (κ3) is 2.93. The molecular formula is C15H24N2. The molecule has 2 N–H and O–H groups in total. The van der Waals surface area contributed by atoms with Gasteiger partial charge in [0.2, 0.25) is 0 Å². The molecule has 1 aromatic carbocycles. The molecule has 0 saturated carbocycles. The normalized spacial score (nSPS) is 17.2. The standard InChI is InChI=1S/C15H24N2/c1-12(2)14-8-7-13(11-15(14)16)17-9-5-3-4-6-10-17/h7-8,11-12H,3-6,9-10,16H2,1-2H3. The molecule has 94 valence electrons. The molecule has 1 aliphatic heterocycles. The van der Waals surface area contributed by atoms with Gasteiger partial charge >= 0.3 is 0 Å². The number of nitrogens with two attached hydrogens (primary N) is 1. The van der Waals surface area contributed by atoms with Crippen molar-refractivity contribution in [3.8, 4) is 0 Å². The summed E-state index contributed by atoms with van der Waals surface area (Å²) in [5.74, 6) is 0.508. The lowest BCUT2D eigenvalue weighted by Gasteiger charge is -2.24. The molecule has 2 rings (SSSR count). The number of benzene rings is 1. The van der Waals surface area contributed by atoms with Gasteiger partial charge < -0.3 is 10.6 Å². The molecule has 0 spiro atoms. The molecule has 0 aliphatic carbocycles. The van der Waals surface area contributed by atoms with Crippen LogP contribution in [0.15, 0.2) is 18.2 Å². The number of hydrogen-bond acceptors (Lipinski definition) is 2. The average molecular weight is 232 g/mol. The highest BCUT2D eigenvalue weighted by Gasteiger charge is 2.12. The number of hydrogen-bond donors (Lipinski definition) is 1. The summed E-state index contributed by atoms with van der Waals surface area (Å²) >= 11 is 0. The number of anilines is 2. The van der Waals surface area contributed by atoms with Crippen molar-refractivity contribution in [1.29, 1.82) is 0 Å². The molecule has 1 heterocycles. The zero-order valence-electron chi connectivity index (χ0n) is 11.1. The fourth-order valence-electron chi connectivity index (χ4n) is 2.61. The second-order valence-electron chi connectivity index (χ2n) is 5.37. The van der Waals surface area contributed by atoms with Gasteiger partial charge in [-0.25, -0.2) is 0 Å². The minimum atomic E-state index is 0.508. The van der Waals surface area contributed by atoms with Gasteiger partial charge in [0, 0.05) is 24.5 Å². The second kappa shape index (κ2) is 5.44. The lowest BCUT2D eigenvalue weighted by molar-refractivity contribution is 0.726. The van der Waals surface area contributed by atoms with Crippen LogP contribution in [0.2, 0.25) is 0 Å². The summed E-state index contributed by atoms with van der Waals surface area (Å²) in [6.45, 7) is 6.75. The van der Waals surface area contributed by atoms with Crippen LogP contribution in [0.3, 0.4) is 0 Å². The van der Waals surface area contributed by atoms with E-state index in [2.05, 4.69) is 36.9 Å². The molecular weight excluding hydrogens is 208 g/mol. The van der Waals surface area contributed by atoms with Gasteiger partial charge in [0.05, 0.1) is 0 Å². The van der Waals surface area contributed by atoms with E-state index in [4.69, 9.17) is 5.73 Å². The fraction of sp³-hybridized carbons (Fsp3) is 0.600. The van der Waals surface area contributed by atoms with Crippen LogP contribution in [0.5, 0.6) is 0 Å². The van der Waals surface area contributed by atoms with Crippen molar-refractivity contribution in [2.45, 2.75) is 45.4 Å². The summed E-state index contributed by atoms with van der Waals surface area (Å²) in [5.41, 5.74) is 9.65. The molecule has 1 aliphatic rings. The van der Waals surface area contributed by atoms with E-state index in [1.165, 1.54) is 50.0 Å². The zero-order chi connectivity index (χ0) is 12.3. The first-order valence-electron chi connectivity index (χ1n) is 6.83. The summed E-state index contributed by atoms with van der Waals surface area (Å²) in [6.07, 6.45) is 5.36. The molecule has 2 heteroatoms. The Hall–Kier alpha value is -1.18. The third-order valence-corrected chi connectivity index (χ3v) is 3.66. The van der Waals surface area contributed by atoms with Crippen LogP contribution < -0.4 is 10.6 Å². The molecule has 2 nitrogen and oxygen atoms in total. The molecule has 0 amide bonds. The van der Waals surface area contributed by atoms with Gasteiger partial charge in [-0.2, -0.15) is 0 Å². The maximum absolute atomic E-state index is 6.14. The summed E-state index contributed by atoms with van der Waals surface area (Å²) in [7, 11) is 0. The van der Waals surface area contributed by atoms with E-state index in [0.29, 0.717) is 5.92 Å². The minimum absolute atomic E-state index is 0.508. The topological polar surface area (TPSA) is 29.3 Å². The third-order valence-electron chi connectivity index (χ3n) is 3.66. The highest BCUT2D eigenvalue weighted by Crippen LogP contribution is 2.28. The highest BCUT2D eigenvalue weighted by molar-refractivity contribution is 5.61. The largest absolute Gasteiger partial charge is 0.398 e. The molecule has 0 aromatic heterocycles. The van der Waals surface area contributed by atoms with Crippen LogP contribution in [0.25, 0.3) is 0 Å². The van der Waals surface area contributed by atoms with E-state index in [0.717, 1.165) is 5.69 Å². The fourth-order valence-corrected chi connectivity index (χ4v) is 2.61. The van der Waals surface area contributed by atoms with Gasteiger partial charge in [-0.1, -0.05) is 32.8 Å². The quantitative estimate of drug-likeness (QED) is 0.786. The Kier molecular flexibility index (Phi) is 3.93. The molecule has 0 atom stereocenters. The van der Waals surface area contributed by atoms with Gasteiger partial charge in [-0.15, -0.1) is 0 Å². The first kappa shape index (κ1) is 12.3. The Morgan fingerprint density at radius 3 is 2.24 bits per heavy atom. The van der Waals surface area contributed by atoms with E-state index >= 15 is 0 Å². The van der Waals surface area contributed by atoms with Crippen molar-refractivity contribution in [3.05, 3.63) is 23.8 Å². The van der Waals surface area contributed by atoms with E-state index < -0.39 is 0 Å². The van der Waals surface area contributed by atoms with Crippen molar-refractivity contribution >= 4 is 11.4 Å². The van der Waals surface area contributed by atoms with E-state index in [1.54, 1.807) is 0 Å². The predicted molar refractivity (Wildman–Crippen MR) is 75.6 cm³/mol. The summed E-state index contributed by atoms with van der Waals surface area (Å²) in [4.78, 5) is 2.48. The SMILES string of the molecule is CC(C)c1ccc(N2CCCCCC2)cc1N. The lowest BCUT2D eigenvalue weighted by atomic mass is 10.0. The van der Waals surface area contributed by atoms with Crippen molar-refractivity contribution in [2.75, 3.05) is 23.7 Å². The lowest BCUT2D eigenvalue weighted by Crippen LogP contribution is -2.23. The molecule has 1 fully saturated rings. The Labute approximate surface area is 105 Å². The van der Waals surface area contributed by atoms with Crippen LogP contribution >= 0.6 is 0 Å². The van der Waals surface area contributed by atoms with Crippen molar-refractivity contribution in [3.63, 3.8) is 0 Å². The highest BCUT2D eigenvalue weighted by atomic mass is 15.1. The first-order valence-corrected chi connectivity index (χ1v) is 6.83. The average Bonchev–Trinajstić information content (AvgIpc) is 2.56. The van der Waals surface area contributed by atoms with Crippen LogP contribution in [0.1, 0.15) is 51.0 Å². The Balaban J connectivity index is 2.18. The second-order valence-corrected chi connectivity index (χ2v) is 5.37. The van der Waals surface area contributed by atoms with Gasteiger partial charge in [-0.3, -0.25) is 0 Å². The van der Waals surface area contributed by atoms with Crippen molar-refractivity contribution in [1.82, 2.24) is 0 Å². The van der Waals surface area contributed by atoms with Crippen molar-refractivity contribution in [2.24, 2.45) is 0 Å². The molecule has 0 unspecified atom stereocenters. The molecule has 17 heavy (non-hydrogen) atoms. The number of nitrogens with zero attached hydrogens (tertiary/aromatic N) is 1. The molecule has 1 saturated heterocycles. The Morgan fingerprint density at radius 1 is 1.06 bits per heavy atom. The van der Waals surface area contributed by atoms with E-state index in [9.17, 15) is 0 Å². The van der Waals surface area contributed by atoms with Gasteiger partial charge in [0.1, 0.15) is 0 Å². The predicted octanol–water partition coefficient (Wildman–Crippen LogP) is 3.77. The van der Waals surface area contributed by atoms with E-state index in [1.807, 2.05) is 0 Å². The van der Waals surface area contributed by atoms with E-state index in [-0.39, 0.29) is 0 Å². The maximum atomic E-state index is 6.14. The Morgan fingerprint density at radius 2 is 1.71 bits per heavy atom. The van der Waals surface area contributed by atoms with Gasteiger partial charge in [0.25, 0.3) is 0 Å². The summed E-state index contributed by atoms with van der Waals surface area (Å²) in [5, 5.41) is 0. The molecule has 1 aromatic rings.